The molecule has 1 atom stereocenters. The van der Waals surface area contributed by atoms with Crippen LogP contribution in [0.2, 0.25) is 0 Å². The summed E-state index contributed by atoms with van der Waals surface area (Å²) in [6.45, 7) is 7.24. The highest BCUT2D eigenvalue weighted by atomic mass is 16.3. The lowest BCUT2D eigenvalue weighted by molar-refractivity contribution is 0.0670. The first-order valence-electron chi connectivity index (χ1n) is 7.43. The van der Waals surface area contributed by atoms with E-state index in [0.29, 0.717) is 6.54 Å². The lowest BCUT2D eigenvalue weighted by Crippen LogP contribution is -2.41. The second-order valence-electron chi connectivity index (χ2n) is 5.75. The van der Waals surface area contributed by atoms with Crippen molar-refractivity contribution in [3.05, 3.63) is 41.1 Å². The average Bonchev–Trinajstić information content (AvgIpc) is 3.08. The third kappa shape index (κ3) is 2.48. The maximum Gasteiger partial charge on any atom is 0.257 e. The zero-order valence-electron chi connectivity index (χ0n) is 12.8. The fourth-order valence-corrected chi connectivity index (χ4v) is 3.12. The molecule has 0 aromatic carbocycles. The molecule has 3 rings (SSSR count). The molecule has 1 aliphatic rings. The van der Waals surface area contributed by atoms with E-state index < -0.39 is 0 Å². The van der Waals surface area contributed by atoms with Crippen LogP contribution in [0.1, 0.15) is 46.3 Å². The summed E-state index contributed by atoms with van der Waals surface area (Å²) >= 11 is 0. The van der Waals surface area contributed by atoms with Crippen LogP contribution in [0.5, 0.6) is 0 Å². The van der Waals surface area contributed by atoms with Crippen molar-refractivity contribution >= 4 is 5.91 Å². The van der Waals surface area contributed by atoms with E-state index in [0.717, 1.165) is 42.0 Å². The standard InChI is InChI=1S/C16H21N3O2/c1-11-12(2)21-13(3)15(11)16(20)18-8-4-6-14(10-18)19-9-5-7-17-19/h5,7,9,14H,4,6,8,10H2,1-3H3/t14-/m0/s1. The van der Waals surface area contributed by atoms with Gasteiger partial charge in [-0.2, -0.15) is 5.10 Å². The Hall–Kier alpha value is -2.04. The average molecular weight is 287 g/mol. The largest absolute Gasteiger partial charge is 0.466 e. The zero-order valence-corrected chi connectivity index (χ0v) is 12.8. The van der Waals surface area contributed by atoms with E-state index in [9.17, 15) is 4.79 Å². The molecule has 1 aliphatic heterocycles. The molecule has 0 unspecified atom stereocenters. The number of hydrogen-bond donors (Lipinski definition) is 0. The Labute approximate surface area is 124 Å². The third-order valence-electron chi connectivity index (χ3n) is 4.36. The smallest absolute Gasteiger partial charge is 0.257 e. The first kappa shape index (κ1) is 13.9. The van der Waals surface area contributed by atoms with Gasteiger partial charge >= 0.3 is 0 Å². The van der Waals surface area contributed by atoms with Crippen LogP contribution in [0.25, 0.3) is 0 Å². The van der Waals surface area contributed by atoms with Crippen LogP contribution in [-0.2, 0) is 0 Å². The molecule has 21 heavy (non-hydrogen) atoms. The number of rotatable bonds is 2. The maximum atomic E-state index is 12.8. The minimum atomic E-state index is 0.0821. The minimum absolute atomic E-state index is 0.0821. The molecule has 0 N–H and O–H groups in total. The molecular weight excluding hydrogens is 266 g/mol. The number of carbonyl (C=O) groups excluding carboxylic acids is 1. The van der Waals surface area contributed by atoms with Crippen molar-refractivity contribution in [3.63, 3.8) is 0 Å². The van der Waals surface area contributed by atoms with E-state index in [-0.39, 0.29) is 11.9 Å². The molecule has 3 heterocycles. The molecule has 0 radical (unpaired) electrons. The summed E-state index contributed by atoms with van der Waals surface area (Å²) in [6, 6.07) is 2.19. The normalized spacial score (nSPS) is 19.0. The Morgan fingerprint density at radius 2 is 2.14 bits per heavy atom. The summed E-state index contributed by atoms with van der Waals surface area (Å²) in [5.74, 6) is 1.63. The highest BCUT2D eigenvalue weighted by molar-refractivity contribution is 5.97. The third-order valence-corrected chi connectivity index (χ3v) is 4.36. The predicted octanol–water partition coefficient (Wildman–Crippen LogP) is 2.88. The molecule has 0 bridgehead atoms. The first-order chi connectivity index (χ1) is 10.1. The van der Waals surface area contributed by atoms with E-state index >= 15 is 0 Å². The van der Waals surface area contributed by atoms with Gasteiger partial charge in [0, 0.05) is 31.0 Å². The summed E-state index contributed by atoms with van der Waals surface area (Å²) < 4.78 is 7.55. The monoisotopic (exact) mass is 287 g/mol. The summed E-state index contributed by atoms with van der Waals surface area (Å²) in [4.78, 5) is 14.7. The van der Waals surface area contributed by atoms with Gasteiger partial charge in [0.05, 0.1) is 11.6 Å². The highest BCUT2D eigenvalue weighted by Gasteiger charge is 2.29. The second-order valence-corrected chi connectivity index (χ2v) is 5.75. The molecule has 1 fully saturated rings. The van der Waals surface area contributed by atoms with Gasteiger partial charge in [0.2, 0.25) is 0 Å². The summed E-state index contributed by atoms with van der Waals surface area (Å²) in [5, 5.41) is 4.31. The lowest BCUT2D eigenvalue weighted by atomic mass is 10.0. The van der Waals surface area contributed by atoms with Crippen LogP contribution in [0.15, 0.2) is 22.9 Å². The molecule has 5 nitrogen and oxygen atoms in total. The topological polar surface area (TPSA) is 51.3 Å². The van der Waals surface area contributed by atoms with Crippen molar-refractivity contribution in [1.29, 1.82) is 0 Å². The number of carbonyl (C=O) groups is 1. The van der Waals surface area contributed by atoms with Gasteiger partial charge < -0.3 is 9.32 Å². The maximum absolute atomic E-state index is 12.8. The quantitative estimate of drug-likeness (QED) is 0.853. The summed E-state index contributed by atoms with van der Waals surface area (Å²) in [7, 11) is 0. The number of aryl methyl sites for hydroxylation is 2. The number of piperidine rings is 1. The Morgan fingerprint density at radius 1 is 1.33 bits per heavy atom. The van der Waals surface area contributed by atoms with Gasteiger partial charge in [-0.25, -0.2) is 0 Å². The Balaban J connectivity index is 1.81. The van der Waals surface area contributed by atoms with E-state index in [1.165, 1.54) is 0 Å². The molecule has 112 valence electrons. The van der Waals surface area contributed by atoms with E-state index in [2.05, 4.69) is 5.10 Å². The Bertz CT molecular complexity index is 643. The molecule has 2 aromatic rings. The predicted molar refractivity (Wildman–Crippen MR) is 79.3 cm³/mol. The SMILES string of the molecule is Cc1oc(C)c(C(=O)N2CCC[C@H](n3cccn3)C2)c1C. The second kappa shape index (κ2) is 5.39. The fraction of sp³-hybridized carbons (Fsp3) is 0.500. The Morgan fingerprint density at radius 3 is 2.76 bits per heavy atom. The van der Waals surface area contributed by atoms with Gasteiger partial charge in [0.25, 0.3) is 5.91 Å². The highest BCUT2D eigenvalue weighted by Crippen LogP contribution is 2.26. The van der Waals surface area contributed by atoms with Crippen LogP contribution in [0.3, 0.4) is 0 Å². The molecule has 1 amide bonds. The van der Waals surface area contributed by atoms with E-state index in [1.807, 2.05) is 42.6 Å². The Kier molecular flexibility index (Phi) is 3.57. The zero-order chi connectivity index (χ0) is 15.0. The molecule has 1 saturated heterocycles. The van der Waals surface area contributed by atoms with Gasteiger partial charge in [-0.15, -0.1) is 0 Å². The molecule has 0 aliphatic carbocycles. The molecule has 0 spiro atoms. The van der Waals surface area contributed by atoms with Crippen molar-refractivity contribution in [1.82, 2.24) is 14.7 Å². The molecule has 5 heteroatoms. The number of nitrogens with zero attached hydrogens (tertiary/aromatic N) is 3. The van der Waals surface area contributed by atoms with Gasteiger partial charge in [-0.05, 0) is 39.7 Å². The van der Waals surface area contributed by atoms with Gasteiger partial charge in [0.15, 0.2) is 0 Å². The number of furan rings is 1. The van der Waals surface area contributed by atoms with E-state index in [4.69, 9.17) is 4.42 Å². The van der Waals surface area contributed by atoms with Crippen molar-refractivity contribution in [3.8, 4) is 0 Å². The molecule has 2 aromatic heterocycles. The van der Waals surface area contributed by atoms with E-state index in [1.54, 1.807) is 6.20 Å². The summed E-state index contributed by atoms with van der Waals surface area (Å²) in [5.41, 5.74) is 1.69. The summed E-state index contributed by atoms with van der Waals surface area (Å²) in [6.07, 6.45) is 5.82. The lowest BCUT2D eigenvalue weighted by Gasteiger charge is -2.33. The van der Waals surface area contributed by atoms with Gasteiger partial charge in [-0.3, -0.25) is 9.48 Å². The van der Waals surface area contributed by atoms with Crippen molar-refractivity contribution < 1.29 is 9.21 Å². The number of aromatic nitrogens is 2. The molecular formula is C16H21N3O2. The van der Waals surface area contributed by atoms with Crippen molar-refractivity contribution in [2.75, 3.05) is 13.1 Å². The van der Waals surface area contributed by atoms with Crippen LogP contribution >= 0.6 is 0 Å². The van der Waals surface area contributed by atoms with Crippen molar-refractivity contribution in [2.45, 2.75) is 39.7 Å². The van der Waals surface area contributed by atoms with Crippen LogP contribution in [-0.4, -0.2) is 33.7 Å². The first-order valence-corrected chi connectivity index (χ1v) is 7.43. The van der Waals surface area contributed by atoms with Crippen LogP contribution < -0.4 is 0 Å². The minimum Gasteiger partial charge on any atom is -0.466 e. The molecule has 0 saturated carbocycles. The van der Waals surface area contributed by atoms with Crippen LogP contribution in [0.4, 0.5) is 0 Å². The van der Waals surface area contributed by atoms with Gasteiger partial charge in [-0.1, -0.05) is 0 Å². The number of likely N-dealkylation sites (tertiary alicyclic amines) is 1. The van der Waals surface area contributed by atoms with Crippen molar-refractivity contribution in [2.24, 2.45) is 0 Å². The van der Waals surface area contributed by atoms with Gasteiger partial charge in [0.1, 0.15) is 11.5 Å². The fourth-order valence-electron chi connectivity index (χ4n) is 3.12. The van der Waals surface area contributed by atoms with Crippen LogP contribution in [0, 0.1) is 20.8 Å². The number of amides is 1. The number of hydrogen-bond acceptors (Lipinski definition) is 3.